The van der Waals surface area contributed by atoms with Crippen LogP contribution in [0.25, 0.3) is 0 Å². The smallest absolute Gasteiger partial charge is 0.0453 e. The van der Waals surface area contributed by atoms with Crippen LogP contribution in [0.3, 0.4) is 0 Å². The van der Waals surface area contributed by atoms with Gasteiger partial charge in [-0.1, -0.05) is 42.3 Å². The van der Waals surface area contributed by atoms with Gasteiger partial charge in [-0.15, -0.1) is 0 Å². The molecule has 1 unspecified atom stereocenters. The van der Waals surface area contributed by atoms with Crippen LogP contribution in [0.4, 0.5) is 0 Å². The third-order valence-corrected chi connectivity index (χ3v) is 4.38. The van der Waals surface area contributed by atoms with Crippen LogP contribution < -0.4 is 5.32 Å². The summed E-state index contributed by atoms with van der Waals surface area (Å²) in [6.07, 6.45) is 4.59. The molecule has 0 amide bonds. The molecule has 1 aromatic heterocycles. The maximum atomic E-state index is 6.25. The first-order chi connectivity index (χ1) is 10.1. The van der Waals surface area contributed by atoms with E-state index in [4.69, 9.17) is 23.2 Å². The van der Waals surface area contributed by atoms with E-state index in [9.17, 15) is 0 Å². The second kappa shape index (κ2) is 7.79. The molecule has 4 heteroatoms. The number of hydrogen-bond acceptors (Lipinski definition) is 2. The molecular formula is C17H20Cl2N2. The zero-order valence-corrected chi connectivity index (χ0v) is 13.9. The molecule has 0 aliphatic heterocycles. The minimum absolute atomic E-state index is 0.252. The lowest BCUT2D eigenvalue weighted by atomic mass is 10.0. The van der Waals surface area contributed by atoms with E-state index in [1.54, 1.807) is 0 Å². The van der Waals surface area contributed by atoms with Gasteiger partial charge in [0.15, 0.2) is 0 Å². The van der Waals surface area contributed by atoms with Gasteiger partial charge in [-0.2, -0.15) is 0 Å². The molecule has 0 saturated heterocycles. The van der Waals surface area contributed by atoms with Gasteiger partial charge in [-0.05, 0) is 49.2 Å². The number of halogens is 2. The minimum atomic E-state index is 0.252. The third-order valence-electron chi connectivity index (χ3n) is 3.67. The predicted octanol–water partition coefficient (Wildman–Crippen LogP) is 4.32. The Balaban J connectivity index is 2.09. The van der Waals surface area contributed by atoms with Crippen LogP contribution >= 0.6 is 23.2 Å². The van der Waals surface area contributed by atoms with Crippen molar-refractivity contribution in [2.45, 2.75) is 32.2 Å². The van der Waals surface area contributed by atoms with E-state index in [-0.39, 0.29) is 6.04 Å². The monoisotopic (exact) mass is 322 g/mol. The molecule has 2 nitrogen and oxygen atoms in total. The summed E-state index contributed by atoms with van der Waals surface area (Å²) in [5.41, 5.74) is 3.33. The number of benzene rings is 1. The lowest BCUT2D eigenvalue weighted by Gasteiger charge is -2.17. The fraction of sp³-hybridized carbons (Fsp3) is 0.353. The summed E-state index contributed by atoms with van der Waals surface area (Å²) in [6, 6.07) is 10.1. The first-order valence-corrected chi connectivity index (χ1v) is 7.93. The van der Waals surface area contributed by atoms with Crippen molar-refractivity contribution in [3.63, 3.8) is 0 Å². The van der Waals surface area contributed by atoms with Gasteiger partial charge in [0.2, 0.25) is 0 Å². The van der Waals surface area contributed by atoms with E-state index < -0.39 is 0 Å². The van der Waals surface area contributed by atoms with Gasteiger partial charge >= 0.3 is 0 Å². The number of likely N-dealkylation sites (N-methyl/N-ethyl adjacent to an activating group) is 1. The van der Waals surface area contributed by atoms with Crippen molar-refractivity contribution < 1.29 is 0 Å². The number of pyridine rings is 1. The van der Waals surface area contributed by atoms with E-state index in [0.29, 0.717) is 0 Å². The lowest BCUT2D eigenvalue weighted by molar-refractivity contribution is 0.550. The minimum Gasteiger partial charge on any atom is -0.316 e. The molecule has 1 heterocycles. The van der Waals surface area contributed by atoms with Crippen LogP contribution in [0, 0.1) is 0 Å². The number of nitrogens with zero attached hydrogens (tertiary/aromatic N) is 1. The second-order valence-corrected chi connectivity index (χ2v) is 5.92. The Kier molecular flexibility index (Phi) is 6.04. The van der Waals surface area contributed by atoms with Crippen molar-refractivity contribution in [3.05, 3.63) is 63.4 Å². The molecule has 0 spiro atoms. The summed E-state index contributed by atoms with van der Waals surface area (Å²) in [5.74, 6) is 0. The fourth-order valence-electron chi connectivity index (χ4n) is 2.29. The average molecular weight is 323 g/mol. The largest absolute Gasteiger partial charge is 0.316 e. The summed E-state index contributed by atoms with van der Waals surface area (Å²) in [6.45, 7) is 2.13. The Bertz CT molecular complexity index is 562. The summed E-state index contributed by atoms with van der Waals surface area (Å²) < 4.78 is 0. The third kappa shape index (κ3) is 4.44. The Morgan fingerprint density at radius 1 is 1.10 bits per heavy atom. The van der Waals surface area contributed by atoms with Crippen LogP contribution in [0.1, 0.15) is 23.7 Å². The van der Waals surface area contributed by atoms with Crippen LogP contribution in [-0.4, -0.2) is 18.1 Å². The molecule has 0 fully saturated rings. The molecule has 1 aromatic carbocycles. The normalized spacial score (nSPS) is 12.4. The summed E-state index contributed by atoms with van der Waals surface area (Å²) in [4.78, 5) is 4.52. The highest BCUT2D eigenvalue weighted by Crippen LogP contribution is 2.26. The zero-order valence-electron chi connectivity index (χ0n) is 12.4. The van der Waals surface area contributed by atoms with Crippen LogP contribution in [-0.2, 0) is 19.3 Å². The van der Waals surface area contributed by atoms with Crippen molar-refractivity contribution in [1.82, 2.24) is 10.3 Å². The highest BCUT2D eigenvalue weighted by molar-refractivity contribution is 6.36. The molecule has 112 valence electrons. The van der Waals surface area contributed by atoms with E-state index in [2.05, 4.69) is 29.4 Å². The molecular weight excluding hydrogens is 303 g/mol. The van der Waals surface area contributed by atoms with E-state index >= 15 is 0 Å². The Labute approximate surface area is 136 Å². The number of aromatic nitrogens is 1. The van der Waals surface area contributed by atoms with Gasteiger partial charge in [-0.3, -0.25) is 4.98 Å². The van der Waals surface area contributed by atoms with Crippen molar-refractivity contribution in [3.8, 4) is 0 Å². The Morgan fingerprint density at radius 3 is 2.33 bits per heavy atom. The van der Waals surface area contributed by atoms with Crippen LogP contribution in [0.5, 0.6) is 0 Å². The lowest BCUT2D eigenvalue weighted by Crippen LogP contribution is -2.30. The molecule has 1 N–H and O–H groups in total. The molecule has 2 aromatic rings. The van der Waals surface area contributed by atoms with E-state index in [0.717, 1.165) is 40.6 Å². The number of rotatable bonds is 6. The number of aryl methyl sites for hydroxylation is 1. The SMILES string of the molecule is CCc1ccc(CC(Cc2c(Cl)cccc2Cl)NC)nc1. The first kappa shape index (κ1) is 16.3. The highest BCUT2D eigenvalue weighted by atomic mass is 35.5. The second-order valence-electron chi connectivity index (χ2n) is 5.11. The molecule has 21 heavy (non-hydrogen) atoms. The van der Waals surface area contributed by atoms with Gasteiger partial charge in [0.25, 0.3) is 0 Å². The van der Waals surface area contributed by atoms with Crippen molar-refractivity contribution >= 4 is 23.2 Å². The fourth-order valence-corrected chi connectivity index (χ4v) is 2.84. The Hall–Kier alpha value is -1.09. The van der Waals surface area contributed by atoms with Gasteiger partial charge in [0, 0.05) is 34.4 Å². The molecule has 0 aliphatic carbocycles. The predicted molar refractivity (Wildman–Crippen MR) is 90.3 cm³/mol. The summed E-state index contributed by atoms with van der Waals surface area (Å²) in [7, 11) is 1.95. The van der Waals surface area contributed by atoms with Crippen molar-refractivity contribution in [2.75, 3.05) is 7.05 Å². The van der Waals surface area contributed by atoms with Crippen molar-refractivity contribution in [2.24, 2.45) is 0 Å². The summed E-state index contributed by atoms with van der Waals surface area (Å²) >= 11 is 12.5. The Morgan fingerprint density at radius 2 is 1.81 bits per heavy atom. The standard InChI is InChI=1S/C17H20Cl2N2/c1-3-12-7-8-13(21-11-12)9-14(20-2)10-15-16(18)5-4-6-17(15)19/h4-8,11,14,20H,3,9-10H2,1-2H3. The summed E-state index contributed by atoms with van der Waals surface area (Å²) in [5, 5.41) is 4.76. The maximum Gasteiger partial charge on any atom is 0.0453 e. The molecule has 0 bridgehead atoms. The first-order valence-electron chi connectivity index (χ1n) is 7.18. The average Bonchev–Trinajstić information content (AvgIpc) is 2.50. The molecule has 0 saturated carbocycles. The van der Waals surface area contributed by atoms with Gasteiger partial charge in [0.1, 0.15) is 0 Å². The maximum absolute atomic E-state index is 6.25. The van der Waals surface area contributed by atoms with Gasteiger partial charge in [0.05, 0.1) is 0 Å². The zero-order chi connectivity index (χ0) is 15.2. The van der Waals surface area contributed by atoms with E-state index in [1.165, 1.54) is 5.56 Å². The number of hydrogen-bond donors (Lipinski definition) is 1. The molecule has 2 rings (SSSR count). The van der Waals surface area contributed by atoms with Gasteiger partial charge < -0.3 is 5.32 Å². The van der Waals surface area contributed by atoms with Crippen molar-refractivity contribution in [1.29, 1.82) is 0 Å². The molecule has 0 radical (unpaired) electrons. The van der Waals surface area contributed by atoms with E-state index in [1.807, 2.05) is 31.4 Å². The van der Waals surface area contributed by atoms with Gasteiger partial charge in [-0.25, -0.2) is 0 Å². The topological polar surface area (TPSA) is 24.9 Å². The highest BCUT2D eigenvalue weighted by Gasteiger charge is 2.14. The quantitative estimate of drug-likeness (QED) is 0.856. The molecule has 0 aliphatic rings. The molecule has 1 atom stereocenters. The van der Waals surface area contributed by atoms with Crippen LogP contribution in [0.2, 0.25) is 10.0 Å². The number of nitrogens with one attached hydrogen (secondary N) is 1. The van der Waals surface area contributed by atoms with Crippen LogP contribution in [0.15, 0.2) is 36.5 Å².